The summed E-state index contributed by atoms with van der Waals surface area (Å²) in [6, 6.07) is 5.49. The van der Waals surface area contributed by atoms with Gasteiger partial charge in [0.25, 0.3) is 5.91 Å². The lowest BCUT2D eigenvalue weighted by molar-refractivity contribution is -0.124. The van der Waals surface area contributed by atoms with Crippen molar-refractivity contribution < 1.29 is 18.3 Å². The molecule has 0 saturated heterocycles. The summed E-state index contributed by atoms with van der Waals surface area (Å²) in [6.45, 7) is 7.41. The van der Waals surface area contributed by atoms with Crippen molar-refractivity contribution in [3.63, 3.8) is 0 Å². The fraction of sp³-hybridized carbons (Fsp3) is 0.333. The number of nitrogens with zero attached hydrogens (tertiary/aromatic N) is 4. The number of halogens is 1. The van der Waals surface area contributed by atoms with E-state index in [1.807, 2.05) is 27.7 Å². The molecule has 0 aliphatic heterocycles. The summed E-state index contributed by atoms with van der Waals surface area (Å²) in [6.07, 6.45) is 1.54. The zero-order valence-electron chi connectivity index (χ0n) is 17.1. The quantitative estimate of drug-likeness (QED) is 0.522. The van der Waals surface area contributed by atoms with E-state index in [2.05, 4.69) is 20.4 Å². The van der Waals surface area contributed by atoms with E-state index in [1.165, 1.54) is 18.5 Å². The van der Waals surface area contributed by atoms with Crippen LogP contribution in [0.15, 0.2) is 35.0 Å². The average molecular weight is 411 g/mol. The lowest BCUT2D eigenvalue weighted by Gasteiger charge is -2.19. The SMILES string of the molecule is Cc1oc2ncn3nc([C@H](NC(=O)COc4ccccc4F)C(C)C)nc3c2c1C. The minimum atomic E-state index is -0.519. The van der Waals surface area contributed by atoms with Gasteiger partial charge in [0.2, 0.25) is 5.71 Å². The first kappa shape index (κ1) is 19.8. The number of carbonyl (C=O) groups is 1. The van der Waals surface area contributed by atoms with Crippen molar-refractivity contribution in [3.05, 3.63) is 53.6 Å². The van der Waals surface area contributed by atoms with E-state index in [9.17, 15) is 9.18 Å². The van der Waals surface area contributed by atoms with Gasteiger partial charge < -0.3 is 14.5 Å². The minimum Gasteiger partial charge on any atom is -0.481 e. The van der Waals surface area contributed by atoms with Gasteiger partial charge in [-0.1, -0.05) is 26.0 Å². The first-order valence-electron chi connectivity index (χ1n) is 9.62. The molecule has 30 heavy (non-hydrogen) atoms. The predicted octanol–water partition coefficient (Wildman–Crippen LogP) is 3.52. The third-order valence-corrected chi connectivity index (χ3v) is 4.98. The maximum absolute atomic E-state index is 13.7. The number of rotatable bonds is 6. The third kappa shape index (κ3) is 3.58. The fourth-order valence-corrected chi connectivity index (χ4v) is 3.24. The molecule has 0 aliphatic carbocycles. The molecule has 0 fully saturated rings. The second-order valence-corrected chi connectivity index (χ2v) is 7.45. The van der Waals surface area contributed by atoms with E-state index >= 15 is 0 Å². The molecule has 3 heterocycles. The molecule has 0 saturated carbocycles. The molecule has 156 valence electrons. The molecule has 4 aromatic rings. The summed E-state index contributed by atoms with van der Waals surface area (Å²) < 4.78 is 26.2. The number of para-hydroxylation sites is 1. The molecule has 1 N–H and O–H groups in total. The van der Waals surface area contributed by atoms with Crippen LogP contribution in [-0.4, -0.2) is 32.1 Å². The van der Waals surface area contributed by atoms with E-state index in [1.54, 1.807) is 16.6 Å². The number of furan rings is 1. The molecule has 0 aliphatic rings. The summed E-state index contributed by atoms with van der Waals surface area (Å²) in [4.78, 5) is 21.4. The highest BCUT2D eigenvalue weighted by atomic mass is 19.1. The number of benzene rings is 1. The molecule has 8 nitrogen and oxygen atoms in total. The van der Waals surface area contributed by atoms with Crippen LogP contribution >= 0.6 is 0 Å². The third-order valence-electron chi connectivity index (χ3n) is 4.98. The smallest absolute Gasteiger partial charge is 0.258 e. The Morgan fingerprint density at radius 3 is 2.80 bits per heavy atom. The number of hydrogen-bond donors (Lipinski definition) is 1. The number of fused-ring (bicyclic) bond motifs is 3. The molecule has 1 amide bonds. The highest BCUT2D eigenvalue weighted by molar-refractivity contribution is 5.91. The second kappa shape index (κ2) is 7.74. The highest BCUT2D eigenvalue weighted by Gasteiger charge is 2.25. The Morgan fingerprint density at radius 2 is 2.07 bits per heavy atom. The first-order valence-corrected chi connectivity index (χ1v) is 9.62. The highest BCUT2D eigenvalue weighted by Crippen LogP contribution is 2.27. The number of aryl methyl sites for hydroxylation is 2. The van der Waals surface area contributed by atoms with Gasteiger partial charge in [-0.2, -0.15) is 0 Å². The fourth-order valence-electron chi connectivity index (χ4n) is 3.24. The maximum atomic E-state index is 13.7. The van der Waals surface area contributed by atoms with Crippen LogP contribution < -0.4 is 10.1 Å². The molecule has 0 bridgehead atoms. The Morgan fingerprint density at radius 1 is 1.30 bits per heavy atom. The van der Waals surface area contributed by atoms with Crippen molar-refractivity contribution in [1.29, 1.82) is 0 Å². The van der Waals surface area contributed by atoms with Crippen LogP contribution in [-0.2, 0) is 4.79 Å². The lowest BCUT2D eigenvalue weighted by atomic mass is 10.0. The van der Waals surface area contributed by atoms with E-state index in [0.29, 0.717) is 17.2 Å². The van der Waals surface area contributed by atoms with Gasteiger partial charge in [0.05, 0.1) is 11.4 Å². The van der Waals surface area contributed by atoms with Crippen LogP contribution in [0, 0.1) is 25.6 Å². The molecule has 3 aromatic heterocycles. The molecule has 0 radical (unpaired) electrons. The van der Waals surface area contributed by atoms with Gasteiger partial charge in [-0.3, -0.25) is 4.79 Å². The number of ether oxygens (including phenoxy) is 1. The molecule has 9 heteroatoms. The van der Waals surface area contributed by atoms with Crippen LogP contribution in [0.4, 0.5) is 4.39 Å². The van der Waals surface area contributed by atoms with Crippen LogP contribution in [0.3, 0.4) is 0 Å². The summed E-state index contributed by atoms with van der Waals surface area (Å²) in [7, 11) is 0. The first-order chi connectivity index (χ1) is 14.3. The molecule has 0 unspecified atom stereocenters. The Labute approximate surface area is 172 Å². The number of nitrogens with one attached hydrogen (secondary N) is 1. The molecular weight excluding hydrogens is 389 g/mol. The van der Waals surface area contributed by atoms with Crippen molar-refractivity contribution in [2.75, 3.05) is 6.61 Å². The van der Waals surface area contributed by atoms with Crippen LogP contribution in [0.2, 0.25) is 0 Å². The Balaban J connectivity index is 1.58. The second-order valence-electron chi connectivity index (χ2n) is 7.45. The van der Waals surface area contributed by atoms with Crippen molar-refractivity contribution in [3.8, 4) is 5.75 Å². The summed E-state index contributed by atoms with van der Waals surface area (Å²) in [5.74, 6) is 0.352. The van der Waals surface area contributed by atoms with Gasteiger partial charge in [-0.15, -0.1) is 5.10 Å². The normalized spacial score (nSPS) is 12.6. The predicted molar refractivity (Wildman–Crippen MR) is 108 cm³/mol. The minimum absolute atomic E-state index is 0.00968. The van der Waals surface area contributed by atoms with E-state index in [4.69, 9.17) is 9.15 Å². The maximum Gasteiger partial charge on any atom is 0.258 e. The Bertz CT molecular complexity index is 1230. The van der Waals surface area contributed by atoms with E-state index in [0.717, 1.165) is 16.7 Å². The number of hydrogen-bond acceptors (Lipinski definition) is 6. The van der Waals surface area contributed by atoms with Crippen LogP contribution in [0.5, 0.6) is 5.75 Å². The molecule has 4 rings (SSSR count). The summed E-state index contributed by atoms with van der Waals surface area (Å²) in [5.41, 5.74) is 2.07. The molecule has 1 aromatic carbocycles. The van der Waals surface area contributed by atoms with Gasteiger partial charge >= 0.3 is 0 Å². The zero-order chi connectivity index (χ0) is 21.4. The lowest BCUT2D eigenvalue weighted by Crippen LogP contribution is -2.35. The van der Waals surface area contributed by atoms with Gasteiger partial charge in [-0.25, -0.2) is 18.9 Å². The molecular formula is C21H22FN5O3. The van der Waals surface area contributed by atoms with Crippen molar-refractivity contribution >= 4 is 22.7 Å². The number of aromatic nitrogens is 4. The topological polar surface area (TPSA) is 94.6 Å². The standard InChI is InChI=1S/C21H22FN5O3/c1-11(2)18(24-16(28)9-29-15-8-6-5-7-14(15)22)19-25-20-17-12(3)13(4)30-21(17)23-10-27(20)26-19/h5-8,10-11,18H,9H2,1-4H3,(H,24,28)/t18-/m1/s1. The van der Waals surface area contributed by atoms with Gasteiger partial charge in [0, 0.05) is 5.56 Å². The van der Waals surface area contributed by atoms with Gasteiger partial charge in [-0.05, 0) is 31.9 Å². The Kier molecular flexibility index (Phi) is 5.11. The van der Waals surface area contributed by atoms with E-state index < -0.39 is 17.8 Å². The van der Waals surface area contributed by atoms with Crippen LogP contribution in [0.1, 0.15) is 37.0 Å². The molecule has 1 atom stereocenters. The van der Waals surface area contributed by atoms with Gasteiger partial charge in [0.1, 0.15) is 12.1 Å². The van der Waals surface area contributed by atoms with Crippen molar-refractivity contribution in [1.82, 2.24) is 24.9 Å². The van der Waals surface area contributed by atoms with Crippen LogP contribution in [0.25, 0.3) is 16.7 Å². The number of amides is 1. The van der Waals surface area contributed by atoms with Gasteiger partial charge in [0.15, 0.2) is 29.6 Å². The van der Waals surface area contributed by atoms with Crippen molar-refractivity contribution in [2.45, 2.75) is 33.7 Å². The summed E-state index contributed by atoms with van der Waals surface area (Å²) >= 11 is 0. The summed E-state index contributed by atoms with van der Waals surface area (Å²) in [5, 5.41) is 8.19. The largest absolute Gasteiger partial charge is 0.481 e. The van der Waals surface area contributed by atoms with E-state index in [-0.39, 0.29) is 18.3 Å². The Hall–Kier alpha value is -3.49. The monoisotopic (exact) mass is 411 g/mol. The average Bonchev–Trinajstić information content (AvgIpc) is 3.26. The molecule has 0 spiro atoms. The van der Waals surface area contributed by atoms with Crippen molar-refractivity contribution in [2.24, 2.45) is 5.92 Å². The number of carbonyl (C=O) groups excluding carboxylic acids is 1. The zero-order valence-corrected chi connectivity index (χ0v) is 17.1.